The molecule has 0 saturated carbocycles. The van der Waals surface area contributed by atoms with E-state index in [1.54, 1.807) is 0 Å². The van der Waals surface area contributed by atoms with E-state index in [0.717, 1.165) is 30.6 Å². The summed E-state index contributed by atoms with van der Waals surface area (Å²) in [5, 5.41) is 25.6. The summed E-state index contributed by atoms with van der Waals surface area (Å²) in [5.74, 6) is -0.0620. The van der Waals surface area contributed by atoms with Gasteiger partial charge in [-0.1, -0.05) is 60.7 Å². The van der Waals surface area contributed by atoms with Crippen LogP contribution in [-0.2, 0) is 19.1 Å². The Morgan fingerprint density at radius 1 is 1.09 bits per heavy atom. The highest BCUT2D eigenvalue weighted by Crippen LogP contribution is 2.13. The van der Waals surface area contributed by atoms with Gasteiger partial charge in [-0.25, -0.2) is 30.0 Å². The van der Waals surface area contributed by atoms with Gasteiger partial charge in [0.15, 0.2) is 0 Å². The summed E-state index contributed by atoms with van der Waals surface area (Å²) in [7, 11) is 0. The van der Waals surface area contributed by atoms with Gasteiger partial charge in [-0.15, -0.1) is 0 Å². The number of primary amides is 1. The quantitative estimate of drug-likeness (QED) is 0.197. The highest BCUT2D eigenvalue weighted by atomic mass is 16.6. The predicted octanol–water partition coefficient (Wildman–Crippen LogP) is 3.14. The highest BCUT2D eigenvalue weighted by Gasteiger charge is 2.22. The van der Waals surface area contributed by atoms with Crippen molar-refractivity contribution in [2.45, 2.75) is 13.0 Å². The number of isocyanates is 2. The van der Waals surface area contributed by atoms with E-state index in [1.165, 1.54) is 5.56 Å². The number of hydrogen-bond donors (Lipinski definition) is 5. The van der Waals surface area contributed by atoms with E-state index in [2.05, 4.69) is 31.4 Å². The molecule has 11 nitrogen and oxygen atoms in total. The Kier molecular flexibility index (Phi) is 25.5. The zero-order valence-electron chi connectivity index (χ0n) is 18.0. The summed E-state index contributed by atoms with van der Waals surface area (Å²) < 4.78 is 10.4. The zero-order chi connectivity index (χ0) is 25.9. The van der Waals surface area contributed by atoms with Crippen LogP contribution in [0, 0.1) is 17.7 Å². The molecule has 1 fully saturated rings. The number of amides is 1. The molecular weight excluding hydrogens is 434 g/mol. The number of nitrogens with one attached hydrogen (secondary N) is 2. The summed E-state index contributed by atoms with van der Waals surface area (Å²) in [6.07, 6.45) is 1.34. The predicted molar refractivity (Wildman–Crippen MR) is 120 cm³/mol. The molecule has 2 aromatic rings. The molecule has 1 aliphatic heterocycles. The number of ether oxygens (including phenoxy) is 2. The summed E-state index contributed by atoms with van der Waals surface area (Å²) >= 11 is 0. The first kappa shape index (κ1) is 33.1. The molecule has 0 aromatic heterocycles. The number of rotatable bonds is 4. The minimum atomic E-state index is -1.33. The number of carbonyl (C=O) groups excluding carboxylic acids is 2. The molecule has 0 spiro atoms. The largest absolute Gasteiger partial charge is 0.491 e. The molecule has 1 saturated heterocycles. The third-order valence-corrected chi connectivity index (χ3v) is 2.70. The number of epoxide rings is 1. The maximum Gasteiger partial charge on any atom is 0.402 e. The molecule has 3 rings (SSSR count). The van der Waals surface area contributed by atoms with Crippen LogP contribution in [0.2, 0.25) is 0 Å². The lowest BCUT2D eigenvalue weighted by molar-refractivity contribution is -0.131. The van der Waals surface area contributed by atoms with Crippen molar-refractivity contribution in [1.82, 2.24) is 0 Å². The fourth-order valence-electron chi connectivity index (χ4n) is 1.40. The van der Waals surface area contributed by atoms with E-state index in [0.29, 0.717) is 12.7 Å². The number of aliphatic carboxylic acids is 1. The fraction of sp³-hybridized carbons (Fsp3) is 0.182. The molecule has 178 valence electrons. The third kappa shape index (κ3) is 38.6. The summed E-state index contributed by atoms with van der Waals surface area (Å²) in [6.45, 7) is 6.58. The smallest absolute Gasteiger partial charge is 0.402 e. The molecule has 0 radical (unpaired) electrons. The van der Waals surface area contributed by atoms with Crippen LogP contribution in [0.4, 0.5) is 4.79 Å². The SMILES string of the molecule is C=CC(=O)O.Cc1ccccc1.N=C=O.N=C=O.NC(=O)O.c1ccc(OCC2CO2)cc1. The number of para-hydroxylation sites is 1. The fourth-order valence-corrected chi connectivity index (χ4v) is 1.40. The second-order valence-electron chi connectivity index (χ2n) is 5.32. The number of aryl methyl sites for hydroxylation is 1. The molecule has 33 heavy (non-hydrogen) atoms. The molecule has 1 atom stereocenters. The van der Waals surface area contributed by atoms with E-state index in [-0.39, 0.29) is 0 Å². The second-order valence-corrected chi connectivity index (χ2v) is 5.32. The van der Waals surface area contributed by atoms with Gasteiger partial charge in [-0.3, -0.25) is 0 Å². The third-order valence-electron chi connectivity index (χ3n) is 2.70. The average molecular weight is 461 g/mol. The molecule has 11 heteroatoms. The van der Waals surface area contributed by atoms with E-state index in [9.17, 15) is 4.79 Å². The van der Waals surface area contributed by atoms with Gasteiger partial charge in [0.05, 0.1) is 6.61 Å². The Morgan fingerprint density at radius 3 is 1.67 bits per heavy atom. The minimum Gasteiger partial charge on any atom is -0.491 e. The molecule has 0 bridgehead atoms. The van der Waals surface area contributed by atoms with E-state index < -0.39 is 12.1 Å². The van der Waals surface area contributed by atoms with Crippen LogP contribution in [0.1, 0.15) is 5.56 Å². The lowest BCUT2D eigenvalue weighted by Gasteiger charge is -2.01. The van der Waals surface area contributed by atoms with Gasteiger partial charge in [0, 0.05) is 6.08 Å². The zero-order valence-corrected chi connectivity index (χ0v) is 18.0. The van der Waals surface area contributed by atoms with Crippen molar-refractivity contribution < 1.29 is 38.9 Å². The first-order valence-electron chi connectivity index (χ1n) is 8.90. The first-order chi connectivity index (χ1) is 15.7. The standard InChI is InChI=1S/C9H10O2.C7H8.C3H4O2.CH3NO2.2CHNO/c1-2-4-8(5-3-1)10-6-9-7-11-9;1-7-5-3-2-4-6-7;1-2-3(4)5;2-1(3)4;2*2-1-3/h1-5,9H,6-7H2;2-6H,1H3;2H,1H2,(H,4,5);2H2,(H,3,4);2*2H. The molecule has 1 unspecified atom stereocenters. The summed E-state index contributed by atoms with van der Waals surface area (Å²) in [5.41, 5.74) is 5.35. The first-order valence-corrected chi connectivity index (χ1v) is 8.90. The van der Waals surface area contributed by atoms with Crippen molar-refractivity contribution in [3.05, 3.63) is 78.9 Å². The molecule has 6 N–H and O–H groups in total. The number of carboxylic acids is 1. The average Bonchev–Trinajstić information content (AvgIpc) is 3.60. The maximum atomic E-state index is 9.25. The Bertz CT molecular complexity index is 813. The van der Waals surface area contributed by atoms with Gasteiger partial charge < -0.3 is 25.4 Å². The second kappa shape index (κ2) is 25.5. The number of carbonyl (C=O) groups is 2. The van der Waals surface area contributed by atoms with Gasteiger partial charge in [-0.05, 0) is 19.1 Å². The van der Waals surface area contributed by atoms with Crippen molar-refractivity contribution in [3.63, 3.8) is 0 Å². The Hall–Kier alpha value is -4.56. The van der Waals surface area contributed by atoms with Crippen LogP contribution in [-0.4, -0.2) is 53.8 Å². The van der Waals surface area contributed by atoms with Gasteiger partial charge in [0.1, 0.15) is 18.5 Å². The normalized spacial score (nSPS) is 11.1. The van der Waals surface area contributed by atoms with Crippen LogP contribution in [0.25, 0.3) is 0 Å². The van der Waals surface area contributed by atoms with E-state index in [4.69, 9.17) is 44.9 Å². The number of hydrogen-bond acceptors (Lipinski definition) is 8. The topological polar surface area (TPSA) is 204 Å². The van der Waals surface area contributed by atoms with E-state index >= 15 is 0 Å². The Labute approximate surface area is 191 Å². The van der Waals surface area contributed by atoms with Gasteiger partial charge in [-0.2, -0.15) is 0 Å². The molecule has 1 aliphatic rings. The Balaban J connectivity index is -0.000000358. The van der Waals surface area contributed by atoms with Crippen molar-refractivity contribution in [2.75, 3.05) is 13.2 Å². The van der Waals surface area contributed by atoms with Gasteiger partial charge in [0.25, 0.3) is 0 Å². The van der Waals surface area contributed by atoms with Crippen molar-refractivity contribution in [1.29, 1.82) is 10.8 Å². The number of benzene rings is 2. The Morgan fingerprint density at radius 2 is 1.42 bits per heavy atom. The van der Waals surface area contributed by atoms with Crippen LogP contribution in [0.3, 0.4) is 0 Å². The van der Waals surface area contributed by atoms with Crippen molar-refractivity contribution in [3.8, 4) is 5.75 Å². The molecule has 1 amide bonds. The highest BCUT2D eigenvalue weighted by molar-refractivity contribution is 5.78. The molecule has 2 aromatic carbocycles. The number of carboxylic acid groups (broad SMARTS) is 2. The van der Waals surface area contributed by atoms with Crippen LogP contribution >= 0.6 is 0 Å². The van der Waals surface area contributed by atoms with Gasteiger partial charge >= 0.3 is 12.1 Å². The lowest BCUT2D eigenvalue weighted by Crippen LogP contribution is -2.03. The van der Waals surface area contributed by atoms with Crippen molar-refractivity contribution >= 4 is 24.2 Å². The monoisotopic (exact) mass is 461 g/mol. The summed E-state index contributed by atoms with van der Waals surface area (Å²) in [4.78, 5) is 34.7. The maximum absolute atomic E-state index is 9.25. The molecule has 1 heterocycles. The molecular formula is C22H27N3O8. The minimum absolute atomic E-state index is 0.343. The van der Waals surface area contributed by atoms with Crippen LogP contribution < -0.4 is 10.5 Å². The van der Waals surface area contributed by atoms with Crippen LogP contribution in [0.5, 0.6) is 5.75 Å². The van der Waals surface area contributed by atoms with E-state index in [1.807, 2.05) is 48.5 Å². The number of nitrogens with two attached hydrogens (primary N) is 1. The van der Waals surface area contributed by atoms with Crippen molar-refractivity contribution in [2.24, 2.45) is 5.73 Å². The summed E-state index contributed by atoms with van der Waals surface area (Å²) in [6, 6.07) is 20.1. The lowest BCUT2D eigenvalue weighted by atomic mass is 10.2. The molecule has 0 aliphatic carbocycles. The van der Waals surface area contributed by atoms with Crippen LogP contribution in [0.15, 0.2) is 73.3 Å². The van der Waals surface area contributed by atoms with Gasteiger partial charge in [0.2, 0.25) is 12.2 Å².